The van der Waals surface area contributed by atoms with E-state index in [2.05, 4.69) is 13.2 Å². The monoisotopic (exact) mass is 1590 g/mol. The van der Waals surface area contributed by atoms with Crippen LogP contribution in [0.3, 0.4) is 0 Å². The van der Waals surface area contributed by atoms with E-state index in [4.69, 9.17) is 34.8 Å². The molecule has 2 bridgehead atoms. The lowest BCUT2D eigenvalue weighted by molar-refractivity contribution is -0.614. The number of aliphatic hydroxyl groups is 2. The first-order valence-corrected chi connectivity index (χ1v) is 36.7. The van der Waals surface area contributed by atoms with Crippen LogP contribution in [0.4, 0.5) is 48.3 Å². The molecule has 12 nitrogen and oxygen atoms in total. The lowest BCUT2D eigenvalue weighted by Crippen LogP contribution is -2.53. The Morgan fingerprint density at radius 2 is 0.811 bits per heavy atom. The molecule has 5 aliphatic carbocycles. The summed E-state index contributed by atoms with van der Waals surface area (Å²) in [5.74, 6) is -7.45. The predicted octanol–water partition coefficient (Wildman–Crippen LogP) is 21.9. The summed E-state index contributed by atoms with van der Waals surface area (Å²) in [5.41, 5.74) is -0.303. The Balaban J connectivity index is 0.000000165. The molecule has 5 aliphatic rings. The molecule has 3 atom stereocenters. The van der Waals surface area contributed by atoms with Gasteiger partial charge in [0.25, 0.3) is 19.3 Å². The molecule has 5 saturated carbocycles. The summed E-state index contributed by atoms with van der Waals surface area (Å²) in [5, 5.41) is 57.2. The molecule has 3 aromatic heterocycles. The van der Waals surface area contributed by atoms with Crippen LogP contribution in [0.5, 0.6) is 0 Å². The molecular formula is C85H73Cl3F11N3O9. The van der Waals surface area contributed by atoms with E-state index >= 15 is 0 Å². The molecule has 0 amide bonds. The van der Waals surface area contributed by atoms with Gasteiger partial charge in [0.15, 0.2) is 41.7 Å². The van der Waals surface area contributed by atoms with Gasteiger partial charge in [0, 0.05) is 76.4 Å². The second kappa shape index (κ2) is 34.3. The lowest BCUT2D eigenvalue weighted by Gasteiger charge is -2.63. The molecule has 3 unspecified atom stereocenters. The molecule has 14 rings (SSSR count). The van der Waals surface area contributed by atoms with E-state index in [1.807, 2.05) is 0 Å². The highest BCUT2D eigenvalue weighted by Gasteiger charge is 2.58. The zero-order chi connectivity index (χ0) is 80.4. The zero-order valence-electron chi connectivity index (χ0n) is 59.8. The Bertz CT molecular complexity index is 5130. The summed E-state index contributed by atoms with van der Waals surface area (Å²) >= 11 is 17.4. The number of nitrogens with zero attached hydrogens (tertiary/aromatic N) is 3. The minimum atomic E-state index is -3.00. The maximum Gasteiger partial charge on any atom is 0.264 e. The number of hydrogen-bond donors (Lipinski definition) is 2. The van der Waals surface area contributed by atoms with Gasteiger partial charge in [-0.15, -0.1) is 0 Å². The minimum absolute atomic E-state index is 0.0255. The van der Waals surface area contributed by atoms with E-state index in [-0.39, 0.29) is 114 Å². The Labute approximate surface area is 646 Å². The van der Waals surface area contributed by atoms with Crippen LogP contribution >= 0.6 is 34.8 Å². The average molecular weight is 1600 g/mol. The van der Waals surface area contributed by atoms with E-state index in [0.29, 0.717) is 62.0 Å². The summed E-state index contributed by atoms with van der Waals surface area (Å²) in [6.45, 7) is 9.89. The largest absolute Gasteiger partial charge is 0.618 e. The van der Waals surface area contributed by atoms with Crippen molar-refractivity contribution in [1.82, 2.24) is 0 Å². The number of Topliss-reactive ketones (excluding diaryl/α,β-unsaturated/α-hetero) is 4. The second-order valence-corrected chi connectivity index (χ2v) is 30.3. The predicted molar refractivity (Wildman–Crippen MR) is 398 cm³/mol. The first kappa shape index (κ1) is 82.0. The van der Waals surface area contributed by atoms with E-state index in [9.17, 15) is 93.3 Å². The molecule has 3 heterocycles. The summed E-state index contributed by atoms with van der Waals surface area (Å²) < 4.78 is 156. The second-order valence-electron chi connectivity index (χ2n) is 29.1. The molecule has 0 saturated heterocycles. The molecule has 9 aromatic rings. The van der Waals surface area contributed by atoms with E-state index in [1.54, 1.807) is 25.1 Å². The smallest absolute Gasteiger partial charge is 0.264 e. The summed E-state index contributed by atoms with van der Waals surface area (Å²) in [4.78, 5) is 51.9. The van der Waals surface area contributed by atoms with Crippen molar-refractivity contribution in [2.75, 3.05) is 0 Å². The number of halogens is 14. The Hall–Kier alpha value is -9.97. The Morgan fingerprint density at radius 3 is 1.09 bits per heavy atom. The van der Waals surface area contributed by atoms with Gasteiger partial charge in [0.05, 0.1) is 42.9 Å². The number of pyridine rings is 3. The van der Waals surface area contributed by atoms with Crippen molar-refractivity contribution in [3.05, 3.63) is 292 Å². The first-order valence-electron chi connectivity index (χ1n) is 35.6. The van der Waals surface area contributed by atoms with Gasteiger partial charge in [0.1, 0.15) is 58.4 Å². The fourth-order valence-electron chi connectivity index (χ4n) is 15.2. The fourth-order valence-corrected chi connectivity index (χ4v) is 15.6. The molecule has 0 radical (unpaired) electrons. The van der Waals surface area contributed by atoms with Crippen molar-refractivity contribution in [3.8, 4) is 33.4 Å². The topological polar surface area (TPSA) is 190 Å². The summed E-state index contributed by atoms with van der Waals surface area (Å²) in [6.07, 6.45) is 2.83. The van der Waals surface area contributed by atoms with Crippen molar-refractivity contribution >= 4 is 69.5 Å². The maximum absolute atomic E-state index is 14.8. The molecule has 0 aliphatic heterocycles. The molecular weight excluding hydrogens is 1520 g/mol. The lowest BCUT2D eigenvalue weighted by atomic mass is 9.42. The number of aryl methyl sites for hydroxylation is 1. The van der Waals surface area contributed by atoms with Gasteiger partial charge in [-0.25, -0.2) is 48.3 Å². The van der Waals surface area contributed by atoms with Crippen molar-refractivity contribution in [3.63, 3.8) is 0 Å². The molecule has 111 heavy (non-hydrogen) atoms. The third-order valence-corrected chi connectivity index (χ3v) is 22.3. The third kappa shape index (κ3) is 18.5. The van der Waals surface area contributed by atoms with Crippen LogP contribution in [0.15, 0.2) is 159 Å². The SMILES string of the molecule is C=C(O)c1ccc(CC(=O)C(CC23CC(C2)C3)c2ccc(-c3c(C(F)F)ccc(Cl)c3F)c[n+]2[O-])cc1F.C=C(O)c1ccc(CC(=O)C(CC2CCC2)c2ccc(-c3c(C(F)F)ccc(Cl)c3F)c[n+]2[O-])cc1F.CC(=O)c1ccc(CC(=O)C(CC2CC2)c2ccc(-c3c(C(F)F)ccc(Cl)c3F)c[n+]2[O-])cc1C. The molecule has 6 aromatic carbocycles. The summed E-state index contributed by atoms with van der Waals surface area (Å²) in [6, 6.07) is 27.5. The normalized spacial score (nSPS) is 16.4. The number of rotatable bonds is 27. The number of aliphatic hydroxyl groups excluding tert-OH is 2. The summed E-state index contributed by atoms with van der Waals surface area (Å²) in [7, 11) is 0. The zero-order valence-corrected chi connectivity index (χ0v) is 62.0. The van der Waals surface area contributed by atoms with Gasteiger partial charge < -0.3 is 25.8 Å². The van der Waals surface area contributed by atoms with Crippen LogP contribution in [0, 0.1) is 74.8 Å². The van der Waals surface area contributed by atoms with Crippen LogP contribution in [-0.2, 0) is 33.6 Å². The quantitative estimate of drug-likeness (QED) is 0.0166. The van der Waals surface area contributed by atoms with Crippen molar-refractivity contribution < 1.29 is 91.9 Å². The van der Waals surface area contributed by atoms with Crippen LogP contribution in [0.1, 0.15) is 192 Å². The van der Waals surface area contributed by atoms with E-state index in [0.717, 1.165) is 130 Å². The number of carbonyl (C=O) groups excluding carboxylic acids is 4. The number of aromatic nitrogens is 3. The van der Waals surface area contributed by atoms with Gasteiger partial charge in [-0.2, -0.15) is 14.2 Å². The molecule has 0 spiro atoms. The highest BCUT2D eigenvalue weighted by Crippen LogP contribution is 2.68. The van der Waals surface area contributed by atoms with Crippen LogP contribution in [0.2, 0.25) is 15.1 Å². The van der Waals surface area contributed by atoms with Crippen molar-refractivity contribution in [2.24, 2.45) is 23.2 Å². The van der Waals surface area contributed by atoms with Crippen LogP contribution in [-0.4, -0.2) is 33.3 Å². The van der Waals surface area contributed by atoms with Gasteiger partial charge in [0.2, 0.25) is 17.1 Å². The number of ketones is 4. The first-order chi connectivity index (χ1) is 52.6. The number of carbonyl (C=O) groups is 4. The number of alkyl halides is 6. The maximum atomic E-state index is 14.8. The van der Waals surface area contributed by atoms with Gasteiger partial charge in [-0.1, -0.05) is 129 Å². The molecule has 580 valence electrons. The van der Waals surface area contributed by atoms with E-state index < -0.39 is 111 Å². The van der Waals surface area contributed by atoms with E-state index in [1.165, 1.54) is 67.6 Å². The van der Waals surface area contributed by atoms with Crippen LogP contribution < -0.4 is 14.2 Å². The molecule has 5 fully saturated rings. The number of hydrogen-bond acceptors (Lipinski definition) is 9. The Kier molecular flexibility index (Phi) is 25.4. The fraction of sp³-hybridized carbons (Fsp3) is 0.306. The molecule has 2 N–H and O–H groups in total. The van der Waals surface area contributed by atoms with Crippen molar-refractivity contribution in [2.45, 2.75) is 141 Å². The third-order valence-electron chi connectivity index (χ3n) is 21.4. The standard InChI is InChI=1S/C29H24ClF4NO3.C28H24ClF4NO3.C28H25ClF3NO3/c1-15(36)19-4-2-16(8-23(19)31)9-25(37)21(13-29-10-17(11-29)12-29)24-7-3-18(14-35(24)38)26-20(28(33)34)5-6-22(30)27(26)32;1-15(35)19-7-5-17(12-23(19)30)13-25(36)21(11-16-3-2-4-16)24-10-6-18(14-34(24)37)26-20(28(32)33)8-9-22(29)27(26)31;1-15-11-18(5-7-20(15)16(2)34)13-25(35)22(12-17-3-4-17)24-10-6-19(14-33(24)36)26-21(28(31)32)8-9-23(29)27(26)30/h2-8,14,17,21,28,36H,1,9-13H2;5-10,12,14,16,21,28,35H,1-4,11,13H2;5-11,14,17,22,28H,3-4,12-13H2,1-2H3. The highest BCUT2D eigenvalue weighted by molar-refractivity contribution is 6.31. The van der Waals surface area contributed by atoms with Gasteiger partial charge >= 0.3 is 0 Å². The molecule has 26 heteroatoms. The Morgan fingerprint density at radius 1 is 0.477 bits per heavy atom. The van der Waals surface area contributed by atoms with Crippen LogP contribution in [0.25, 0.3) is 44.9 Å². The average Bonchev–Trinajstić information content (AvgIpc) is 1.06. The highest BCUT2D eigenvalue weighted by atomic mass is 35.5. The number of benzene rings is 6. The minimum Gasteiger partial charge on any atom is -0.618 e. The van der Waals surface area contributed by atoms with Gasteiger partial charge in [-0.3, -0.25) is 19.2 Å². The van der Waals surface area contributed by atoms with Crippen molar-refractivity contribution in [1.29, 1.82) is 0 Å². The van der Waals surface area contributed by atoms with Gasteiger partial charge in [-0.05, 0) is 158 Å².